The molecule has 31 heavy (non-hydrogen) atoms. The summed E-state index contributed by atoms with van der Waals surface area (Å²) in [6.07, 6.45) is 5.01. The van der Waals surface area contributed by atoms with E-state index in [1.165, 1.54) is 47.6 Å². The maximum atomic E-state index is 6.82. The fourth-order valence-electron chi connectivity index (χ4n) is 3.76. The van der Waals surface area contributed by atoms with Gasteiger partial charge in [0.25, 0.3) is 0 Å². The highest BCUT2D eigenvalue weighted by atomic mass is 32.2. The topological polar surface area (TPSA) is 61.3 Å². The van der Waals surface area contributed by atoms with Crippen LogP contribution in [0.25, 0.3) is 0 Å². The summed E-state index contributed by atoms with van der Waals surface area (Å²) < 4.78 is 6.82. The second-order valence-corrected chi connectivity index (χ2v) is 20.7. The van der Waals surface area contributed by atoms with Crippen LogP contribution in [0.4, 0.5) is 11.4 Å². The summed E-state index contributed by atoms with van der Waals surface area (Å²) in [5.74, 6) is 2.30. The van der Waals surface area contributed by atoms with Gasteiger partial charge in [-0.05, 0) is 99.0 Å². The van der Waals surface area contributed by atoms with Gasteiger partial charge in [-0.25, -0.2) is 0 Å². The Morgan fingerprint density at radius 2 is 1.16 bits per heavy atom. The summed E-state index contributed by atoms with van der Waals surface area (Å²) in [4.78, 5) is 2.55. The van der Waals surface area contributed by atoms with E-state index in [4.69, 9.17) is 15.6 Å². The van der Waals surface area contributed by atoms with Crippen molar-refractivity contribution in [3.63, 3.8) is 0 Å². The van der Waals surface area contributed by atoms with Gasteiger partial charge in [-0.2, -0.15) is 0 Å². The molecule has 0 unspecified atom stereocenters. The number of hydrogen-bond donors (Lipinski definition) is 2. The average Bonchev–Trinajstić information content (AvgIpc) is 2.66. The number of hydrogen-bond acceptors (Lipinski definition) is 5. The van der Waals surface area contributed by atoms with Crippen molar-refractivity contribution in [3.05, 3.63) is 48.5 Å². The van der Waals surface area contributed by atoms with Crippen LogP contribution in [0.5, 0.6) is 0 Å². The fourth-order valence-corrected chi connectivity index (χ4v) is 14.7. The van der Waals surface area contributed by atoms with E-state index in [-0.39, 0.29) is 0 Å². The second kappa shape index (κ2) is 13.0. The Balaban J connectivity index is 1.72. The highest BCUT2D eigenvalue weighted by molar-refractivity contribution is 7.99. The minimum atomic E-state index is -1.66. The molecule has 7 heteroatoms. The first-order valence-corrected chi connectivity index (χ1v) is 19.5. The zero-order valence-corrected chi connectivity index (χ0v) is 23.3. The molecule has 0 saturated heterocycles. The van der Waals surface area contributed by atoms with Gasteiger partial charge in [0.15, 0.2) is 16.6 Å². The third-order valence-corrected chi connectivity index (χ3v) is 14.4. The molecule has 0 bridgehead atoms. The van der Waals surface area contributed by atoms with E-state index in [2.05, 4.69) is 50.5 Å². The lowest BCUT2D eigenvalue weighted by atomic mass is 10.3. The molecule has 0 aromatic heterocycles. The minimum Gasteiger partial charge on any atom is -0.456 e. The van der Waals surface area contributed by atoms with Gasteiger partial charge in [-0.3, -0.25) is 0 Å². The minimum absolute atomic E-state index is 0.849. The Bertz CT molecular complexity index is 744. The normalized spacial score (nSPS) is 12.3. The number of anilines is 2. The first-order chi connectivity index (χ1) is 14.7. The van der Waals surface area contributed by atoms with Crippen molar-refractivity contribution in [1.82, 2.24) is 0 Å². The SMILES string of the molecule is C[Si](C)(C)O[Si](C)(CCCCSc1cccc(N)c1)CCCCSc1cccc(N)c1. The predicted molar refractivity (Wildman–Crippen MR) is 147 cm³/mol. The molecule has 0 aliphatic carbocycles. The van der Waals surface area contributed by atoms with Crippen LogP contribution in [0.1, 0.15) is 25.7 Å². The molecule has 2 aromatic carbocycles. The molecule has 0 spiro atoms. The van der Waals surface area contributed by atoms with E-state index in [1.807, 2.05) is 47.8 Å². The third-order valence-electron chi connectivity index (χ3n) is 5.01. The summed E-state index contributed by atoms with van der Waals surface area (Å²) in [5, 5.41) is 0. The van der Waals surface area contributed by atoms with Crippen LogP contribution in [-0.2, 0) is 4.12 Å². The molecule has 0 aliphatic heterocycles. The van der Waals surface area contributed by atoms with Gasteiger partial charge in [-0.15, -0.1) is 23.5 Å². The fraction of sp³-hybridized carbons (Fsp3) is 0.500. The van der Waals surface area contributed by atoms with Crippen molar-refractivity contribution in [2.75, 3.05) is 23.0 Å². The lowest BCUT2D eigenvalue weighted by Crippen LogP contribution is -2.44. The summed E-state index contributed by atoms with van der Waals surface area (Å²) in [5.41, 5.74) is 13.5. The third kappa shape index (κ3) is 11.5. The summed E-state index contributed by atoms with van der Waals surface area (Å²) in [6, 6.07) is 19.0. The summed E-state index contributed by atoms with van der Waals surface area (Å²) in [7, 11) is -3.18. The number of nitrogen functional groups attached to an aromatic ring is 2. The summed E-state index contributed by atoms with van der Waals surface area (Å²) >= 11 is 3.83. The molecule has 4 N–H and O–H groups in total. The van der Waals surface area contributed by atoms with Gasteiger partial charge in [0.2, 0.25) is 0 Å². The van der Waals surface area contributed by atoms with Crippen molar-refractivity contribution in [3.8, 4) is 0 Å². The van der Waals surface area contributed by atoms with Gasteiger partial charge >= 0.3 is 0 Å². The first kappa shape index (κ1) is 26.4. The number of rotatable bonds is 14. The van der Waals surface area contributed by atoms with Crippen molar-refractivity contribution in [1.29, 1.82) is 0 Å². The Kier molecular flexibility index (Phi) is 11.1. The lowest BCUT2D eigenvalue weighted by molar-refractivity contribution is 0.527. The lowest BCUT2D eigenvalue weighted by Gasteiger charge is -2.35. The van der Waals surface area contributed by atoms with Crippen LogP contribution in [0.2, 0.25) is 38.3 Å². The zero-order chi connectivity index (χ0) is 22.7. The van der Waals surface area contributed by atoms with Crippen molar-refractivity contribution >= 4 is 51.5 Å². The zero-order valence-electron chi connectivity index (χ0n) is 19.7. The standard InChI is InChI=1S/C24H40N2OS2Si2/c1-30(2,3)27-31(4,17-7-5-15-28-23-13-9-11-21(25)19-23)18-8-6-16-29-24-14-10-12-22(26)20-24/h9-14,19-20H,5-8,15-18,25-26H2,1-4H3. The van der Waals surface area contributed by atoms with Crippen LogP contribution in [0.15, 0.2) is 58.3 Å². The first-order valence-electron chi connectivity index (χ1n) is 11.3. The van der Waals surface area contributed by atoms with Crippen molar-refractivity contribution < 1.29 is 4.12 Å². The van der Waals surface area contributed by atoms with Crippen molar-refractivity contribution in [2.45, 2.75) is 73.8 Å². The Hall–Kier alpha value is -0.866. The Morgan fingerprint density at radius 1 is 0.710 bits per heavy atom. The van der Waals surface area contributed by atoms with E-state index in [1.54, 1.807) is 0 Å². The van der Waals surface area contributed by atoms with Crippen LogP contribution in [0.3, 0.4) is 0 Å². The molecule has 0 aliphatic rings. The number of thioether (sulfide) groups is 2. The van der Waals surface area contributed by atoms with Crippen LogP contribution >= 0.6 is 23.5 Å². The molecule has 0 heterocycles. The van der Waals surface area contributed by atoms with E-state index in [0.29, 0.717) is 0 Å². The quantitative estimate of drug-likeness (QED) is 0.122. The largest absolute Gasteiger partial charge is 0.456 e. The maximum Gasteiger partial charge on any atom is 0.176 e. The van der Waals surface area contributed by atoms with E-state index in [9.17, 15) is 0 Å². The molecule has 3 nitrogen and oxygen atoms in total. The number of unbranched alkanes of at least 4 members (excludes halogenated alkanes) is 2. The molecule has 0 saturated carbocycles. The molecule has 2 aromatic rings. The highest BCUT2D eigenvalue weighted by Gasteiger charge is 2.33. The molecule has 172 valence electrons. The summed E-state index contributed by atoms with van der Waals surface area (Å²) in [6.45, 7) is 9.48. The Morgan fingerprint density at radius 3 is 1.55 bits per heavy atom. The predicted octanol–water partition coefficient (Wildman–Crippen LogP) is 7.72. The van der Waals surface area contributed by atoms with Gasteiger partial charge in [0.1, 0.15) is 0 Å². The maximum absolute atomic E-state index is 6.82. The van der Waals surface area contributed by atoms with Crippen LogP contribution in [0, 0.1) is 0 Å². The monoisotopic (exact) mass is 492 g/mol. The van der Waals surface area contributed by atoms with E-state index in [0.717, 1.165) is 22.9 Å². The molecular weight excluding hydrogens is 453 g/mol. The smallest absolute Gasteiger partial charge is 0.176 e. The van der Waals surface area contributed by atoms with E-state index < -0.39 is 16.6 Å². The average molecular weight is 493 g/mol. The van der Waals surface area contributed by atoms with Gasteiger partial charge in [-0.1, -0.05) is 25.0 Å². The second-order valence-electron chi connectivity index (χ2n) is 9.42. The Labute approximate surface area is 200 Å². The molecule has 0 fully saturated rings. The van der Waals surface area contributed by atoms with Crippen LogP contribution < -0.4 is 11.5 Å². The highest BCUT2D eigenvalue weighted by Crippen LogP contribution is 2.29. The number of benzene rings is 2. The van der Waals surface area contributed by atoms with Gasteiger partial charge in [0.05, 0.1) is 0 Å². The molecule has 0 amide bonds. The van der Waals surface area contributed by atoms with Crippen molar-refractivity contribution in [2.24, 2.45) is 0 Å². The molecule has 2 rings (SSSR count). The molecular formula is C24H40N2OS2Si2. The van der Waals surface area contributed by atoms with Crippen LogP contribution in [-0.4, -0.2) is 28.1 Å². The van der Waals surface area contributed by atoms with Gasteiger partial charge in [0, 0.05) is 21.2 Å². The molecule has 0 radical (unpaired) electrons. The molecule has 0 atom stereocenters. The van der Waals surface area contributed by atoms with Gasteiger partial charge < -0.3 is 15.6 Å². The number of nitrogens with two attached hydrogens (primary N) is 2. The van der Waals surface area contributed by atoms with E-state index >= 15 is 0 Å².